The normalized spacial score (nSPS) is 13.7. The van der Waals surface area contributed by atoms with Crippen molar-refractivity contribution >= 4 is 22.8 Å². The van der Waals surface area contributed by atoms with Gasteiger partial charge in [-0.3, -0.25) is 4.79 Å². The average molecular weight is 475 g/mol. The molecular weight excluding hydrogens is 444 g/mol. The molecule has 3 N–H and O–H groups in total. The number of methoxy groups -OCH3 is 2. The molecule has 1 fully saturated rings. The largest absolute Gasteiger partial charge is 0.497 e. The smallest absolute Gasteiger partial charge is 0.246 e. The van der Waals surface area contributed by atoms with Crippen LogP contribution in [0.2, 0.25) is 0 Å². The monoisotopic (exact) mass is 474 g/mol. The number of hydrogen-bond donors (Lipinski definition) is 2. The molecule has 0 unspecified atom stereocenters. The number of likely N-dealkylation sites (tertiary alicyclic amines) is 1. The number of carbonyl (C=O) groups is 1. The predicted octanol–water partition coefficient (Wildman–Crippen LogP) is 2.37. The number of nitrogen functional groups attached to an aromatic ring is 1. The first-order valence-corrected chi connectivity index (χ1v) is 11.4. The van der Waals surface area contributed by atoms with E-state index in [0.717, 1.165) is 11.1 Å². The number of nitrogens with two attached hydrogens (primary N) is 1. The van der Waals surface area contributed by atoms with Crippen LogP contribution in [0.25, 0.3) is 11.0 Å². The summed E-state index contributed by atoms with van der Waals surface area (Å²) in [5.74, 6) is 8.07. The molecule has 0 radical (unpaired) electrons. The summed E-state index contributed by atoms with van der Waals surface area (Å²) < 4.78 is 12.7. The summed E-state index contributed by atoms with van der Waals surface area (Å²) in [5, 5.41) is 3.97. The van der Waals surface area contributed by atoms with Gasteiger partial charge in [0, 0.05) is 49.6 Å². The standard InChI is InChI=1S/C26H30N6O3/c1-17(2)28-9-5-6-23(33)31-14-20(15-31)32-13-19(24-25(27)29-16-30-26(24)32)8-7-18-10-21(34-3)12-22(11-18)35-4/h5-6,10-13,16-17,20,28H,9,14-15H2,1-4H3,(H2,27,29,30)/b6-5+. The van der Waals surface area contributed by atoms with Gasteiger partial charge in [-0.2, -0.15) is 0 Å². The van der Waals surface area contributed by atoms with Crippen molar-refractivity contribution in [2.75, 3.05) is 39.6 Å². The summed E-state index contributed by atoms with van der Waals surface area (Å²) in [6.07, 6.45) is 6.87. The molecule has 35 heavy (non-hydrogen) atoms. The zero-order valence-electron chi connectivity index (χ0n) is 20.4. The third-order valence-corrected chi connectivity index (χ3v) is 5.80. The van der Waals surface area contributed by atoms with Gasteiger partial charge in [-0.05, 0) is 12.1 Å². The lowest BCUT2D eigenvalue weighted by atomic mass is 10.1. The number of rotatable bonds is 7. The number of benzene rings is 1. The van der Waals surface area contributed by atoms with E-state index < -0.39 is 0 Å². The van der Waals surface area contributed by atoms with E-state index in [-0.39, 0.29) is 11.9 Å². The Morgan fingerprint density at radius 1 is 1.20 bits per heavy atom. The van der Waals surface area contributed by atoms with Gasteiger partial charge in [0.25, 0.3) is 0 Å². The first kappa shape index (κ1) is 24.1. The van der Waals surface area contributed by atoms with Gasteiger partial charge in [0.1, 0.15) is 29.3 Å². The Hall–Kier alpha value is -4.03. The van der Waals surface area contributed by atoms with Crippen molar-refractivity contribution in [1.82, 2.24) is 24.8 Å². The number of carbonyl (C=O) groups excluding carboxylic acids is 1. The third-order valence-electron chi connectivity index (χ3n) is 5.80. The maximum Gasteiger partial charge on any atom is 0.246 e. The second-order valence-corrected chi connectivity index (χ2v) is 8.62. The molecule has 0 saturated carbocycles. The fourth-order valence-corrected chi connectivity index (χ4v) is 3.88. The highest BCUT2D eigenvalue weighted by molar-refractivity contribution is 5.93. The van der Waals surface area contributed by atoms with E-state index in [1.165, 1.54) is 6.33 Å². The molecule has 0 spiro atoms. The molecule has 1 saturated heterocycles. The highest BCUT2D eigenvalue weighted by atomic mass is 16.5. The minimum absolute atomic E-state index is 0.00407. The number of fused-ring (bicyclic) bond motifs is 1. The number of hydrogen-bond acceptors (Lipinski definition) is 7. The molecular formula is C26H30N6O3. The molecule has 1 aliphatic rings. The van der Waals surface area contributed by atoms with Crippen LogP contribution >= 0.6 is 0 Å². The van der Waals surface area contributed by atoms with Gasteiger partial charge in [0.05, 0.1) is 31.2 Å². The number of ether oxygens (including phenoxy) is 2. The highest BCUT2D eigenvalue weighted by Crippen LogP contribution is 2.30. The summed E-state index contributed by atoms with van der Waals surface area (Å²) in [6, 6.07) is 5.94. The molecule has 9 heteroatoms. The van der Waals surface area contributed by atoms with Gasteiger partial charge in [-0.15, -0.1) is 0 Å². The summed E-state index contributed by atoms with van der Waals surface area (Å²) in [4.78, 5) is 22.9. The number of nitrogens with one attached hydrogen (secondary N) is 1. The van der Waals surface area contributed by atoms with Crippen LogP contribution in [0.4, 0.5) is 5.82 Å². The Morgan fingerprint density at radius 2 is 1.91 bits per heavy atom. The zero-order valence-corrected chi connectivity index (χ0v) is 20.4. The molecule has 1 aliphatic heterocycles. The summed E-state index contributed by atoms with van der Waals surface area (Å²) >= 11 is 0. The van der Waals surface area contributed by atoms with Gasteiger partial charge in [-0.1, -0.05) is 31.8 Å². The van der Waals surface area contributed by atoms with Gasteiger partial charge in [-0.25, -0.2) is 9.97 Å². The van der Waals surface area contributed by atoms with Crippen LogP contribution in [0.1, 0.15) is 31.0 Å². The van der Waals surface area contributed by atoms with Crippen LogP contribution in [0.3, 0.4) is 0 Å². The first-order chi connectivity index (χ1) is 16.9. The van der Waals surface area contributed by atoms with Crippen molar-refractivity contribution in [3.8, 4) is 23.3 Å². The van der Waals surface area contributed by atoms with Crippen LogP contribution in [0.15, 0.2) is 42.9 Å². The summed E-state index contributed by atoms with van der Waals surface area (Å²) in [5.41, 5.74) is 8.38. The van der Waals surface area contributed by atoms with Crippen molar-refractivity contribution in [3.63, 3.8) is 0 Å². The highest BCUT2D eigenvalue weighted by Gasteiger charge is 2.32. The molecule has 0 bridgehead atoms. The topological polar surface area (TPSA) is 108 Å². The van der Waals surface area contributed by atoms with Crippen LogP contribution in [-0.4, -0.2) is 65.2 Å². The fourth-order valence-electron chi connectivity index (χ4n) is 3.88. The van der Waals surface area contributed by atoms with E-state index >= 15 is 0 Å². The Kier molecular flexibility index (Phi) is 7.22. The van der Waals surface area contributed by atoms with Crippen LogP contribution in [-0.2, 0) is 4.79 Å². The predicted molar refractivity (Wildman–Crippen MR) is 135 cm³/mol. The number of anilines is 1. The Balaban J connectivity index is 1.56. The van der Waals surface area contributed by atoms with Gasteiger partial charge in [0.15, 0.2) is 0 Å². The summed E-state index contributed by atoms with van der Waals surface area (Å²) in [7, 11) is 3.20. The minimum Gasteiger partial charge on any atom is -0.497 e. The maximum atomic E-state index is 12.4. The lowest BCUT2D eigenvalue weighted by Gasteiger charge is -2.39. The van der Waals surface area contributed by atoms with E-state index in [1.54, 1.807) is 31.3 Å². The minimum atomic E-state index is 0.00407. The van der Waals surface area contributed by atoms with Crippen LogP contribution in [0.5, 0.6) is 11.5 Å². The second-order valence-electron chi connectivity index (χ2n) is 8.62. The molecule has 3 heterocycles. The second kappa shape index (κ2) is 10.5. The van der Waals surface area contributed by atoms with Crippen molar-refractivity contribution in [2.45, 2.75) is 25.9 Å². The molecule has 1 aromatic carbocycles. The van der Waals surface area contributed by atoms with Crippen LogP contribution < -0.4 is 20.5 Å². The fraction of sp³-hybridized carbons (Fsp3) is 0.346. The van der Waals surface area contributed by atoms with Crippen molar-refractivity contribution in [2.24, 2.45) is 0 Å². The van der Waals surface area contributed by atoms with E-state index in [2.05, 4.69) is 41.0 Å². The van der Waals surface area contributed by atoms with E-state index in [9.17, 15) is 4.79 Å². The summed E-state index contributed by atoms with van der Waals surface area (Å²) in [6.45, 7) is 5.99. The zero-order chi connectivity index (χ0) is 24.9. The number of amides is 1. The molecule has 1 amide bonds. The molecule has 0 atom stereocenters. The molecule has 9 nitrogen and oxygen atoms in total. The SMILES string of the molecule is COc1cc(C#Cc2cn(C3CN(C(=O)/C=C/CNC(C)C)C3)c3ncnc(N)c23)cc(OC)c1. The van der Waals surface area contributed by atoms with Crippen LogP contribution in [0, 0.1) is 11.8 Å². The lowest BCUT2D eigenvalue weighted by Crippen LogP contribution is -2.50. The quantitative estimate of drug-likeness (QED) is 0.400. The first-order valence-electron chi connectivity index (χ1n) is 11.4. The van der Waals surface area contributed by atoms with E-state index in [0.29, 0.717) is 54.0 Å². The Bertz CT molecular complexity index is 1290. The molecule has 0 aliphatic carbocycles. The Labute approximate surface area is 204 Å². The molecule has 4 rings (SSSR count). The molecule has 3 aromatic rings. The maximum absolute atomic E-state index is 12.4. The van der Waals surface area contributed by atoms with E-state index in [4.69, 9.17) is 15.2 Å². The third kappa shape index (κ3) is 5.39. The average Bonchev–Trinajstić information content (AvgIpc) is 3.18. The Morgan fingerprint density at radius 3 is 2.57 bits per heavy atom. The van der Waals surface area contributed by atoms with Crippen molar-refractivity contribution < 1.29 is 14.3 Å². The van der Waals surface area contributed by atoms with Gasteiger partial charge < -0.3 is 30.0 Å². The van der Waals surface area contributed by atoms with Crippen molar-refractivity contribution in [3.05, 3.63) is 54.0 Å². The molecule has 2 aromatic heterocycles. The van der Waals surface area contributed by atoms with Gasteiger partial charge >= 0.3 is 0 Å². The van der Waals surface area contributed by atoms with Gasteiger partial charge in [0.2, 0.25) is 5.91 Å². The van der Waals surface area contributed by atoms with Crippen molar-refractivity contribution in [1.29, 1.82) is 0 Å². The van der Waals surface area contributed by atoms with E-state index in [1.807, 2.05) is 29.0 Å². The number of aromatic nitrogens is 3. The number of nitrogens with zero attached hydrogens (tertiary/aromatic N) is 4. The molecule has 182 valence electrons. The lowest BCUT2D eigenvalue weighted by molar-refractivity contribution is -0.131.